The van der Waals surface area contributed by atoms with E-state index in [1.807, 2.05) is 0 Å². The summed E-state index contributed by atoms with van der Waals surface area (Å²) in [7, 11) is -4.03. The molecule has 0 amide bonds. The highest BCUT2D eigenvalue weighted by Gasteiger charge is 2.36. The van der Waals surface area contributed by atoms with Crippen molar-refractivity contribution in [3.63, 3.8) is 0 Å². The van der Waals surface area contributed by atoms with Crippen LogP contribution in [0.15, 0.2) is 29.2 Å². The zero-order valence-corrected chi connectivity index (χ0v) is 15.7. The van der Waals surface area contributed by atoms with Crippen molar-refractivity contribution in [1.82, 2.24) is 9.62 Å². The Morgan fingerprint density at radius 3 is 2.31 bits per heavy atom. The van der Waals surface area contributed by atoms with Crippen molar-refractivity contribution in [2.75, 3.05) is 19.6 Å². The molecule has 1 aromatic rings. The minimum Gasteiger partial charge on any atom is -0.404 e. The predicted molar refractivity (Wildman–Crippen MR) is 92.9 cm³/mol. The molecule has 0 radical (unpaired) electrons. The lowest BCUT2D eigenvalue weighted by Crippen LogP contribution is -2.45. The number of halogens is 4. The minimum atomic E-state index is -4.94. The van der Waals surface area contributed by atoms with Crippen LogP contribution < -0.4 is 10.1 Å². The van der Waals surface area contributed by atoms with Crippen LogP contribution in [0.1, 0.15) is 25.7 Å². The molecular weight excluding hydrogens is 393 g/mol. The van der Waals surface area contributed by atoms with Gasteiger partial charge in [0.05, 0.1) is 0 Å². The average Bonchev–Trinajstić information content (AvgIpc) is 3.36. The van der Waals surface area contributed by atoms with Crippen molar-refractivity contribution in [3.8, 4) is 5.75 Å². The fraction of sp³-hybridized carbons (Fsp3) is 0.625. The molecule has 3 rings (SSSR count). The van der Waals surface area contributed by atoms with Crippen molar-refractivity contribution in [2.45, 2.75) is 43.0 Å². The predicted octanol–water partition coefficient (Wildman–Crippen LogP) is 3.16. The van der Waals surface area contributed by atoms with Crippen LogP contribution in [0.5, 0.6) is 5.75 Å². The molecule has 1 N–H and O–H groups in total. The van der Waals surface area contributed by atoms with Crippen LogP contribution >= 0.6 is 12.4 Å². The number of hydrogen-bond donors (Lipinski definition) is 1. The van der Waals surface area contributed by atoms with E-state index >= 15 is 0 Å². The molecule has 1 heterocycles. The first kappa shape index (κ1) is 21.3. The Hall–Kier alpha value is -1.03. The quantitative estimate of drug-likeness (QED) is 0.776. The van der Waals surface area contributed by atoms with Gasteiger partial charge in [0.2, 0.25) is 10.0 Å². The van der Waals surface area contributed by atoms with Gasteiger partial charge in [-0.3, -0.25) is 0 Å². The second kappa shape index (κ2) is 8.33. The number of alkyl halides is 3. The molecule has 5 nitrogen and oxygen atoms in total. The molecule has 0 unspecified atom stereocenters. The van der Waals surface area contributed by atoms with Gasteiger partial charge < -0.3 is 10.1 Å². The molecule has 1 aromatic carbocycles. The third-order valence-corrected chi connectivity index (χ3v) is 6.48. The number of para-hydroxylation sites is 1. The summed E-state index contributed by atoms with van der Waals surface area (Å²) in [5.41, 5.74) is 0. The molecule has 1 aliphatic carbocycles. The molecule has 0 atom stereocenters. The molecule has 0 spiro atoms. The van der Waals surface area contributed by atoms with Gasteiger partial charge in [0.1, 0.15) is 10.6 Å². The van der Waals surface area contributed by atoms with Crippen LogP contribution in [0.4, 0.5) is 13.2 Å². The van der Waals surface area contributed by atoms with Crippen molar-refractivity contribution >= 4 is 22.4 Å². The SMILES string of the molecule is Cl.O=S(=O)(c1ccccc1OC(F)(F)F)N1CCC(NCC2CC2)CC1. The van der Waals surface area contributed by atoms with E-state index in [0.717, 1.165) is 24.6 Å². The Bertz CT molecular complexity index is 703. The molecule has 0 bridgehead atoms. The second-order valence-corrected chi connectivity index (χ2v) is 8.43. The second-order valence-electron chi connectivity index (χ2n) is 6.52. The normalized spacial score (nSPS) is 19.8. The first-order valence-corrected chi connectivity index (χ1v) is 9.78. The van der Waals surface area contributed by atoms with Gasteiger partial charge in [0.15, 0.2) is 0 Å². The van der Waals surface area contributed by atoms with Crippen LogP contribution in [-0.4, -0.2) is 44.8 Å². The lowest BCUT2D eigenvalue weighted by atomic mass is 10.1. The molecule has 2 fully saturated rings. The van der Waals surface area contributed by atoms with E-state index in [0.29, 0.717) is 12.8 Å². The van der Waals surface area contributed by atoms with Crippen molar-refractivity contribution in [2.24, 2.45) is 5.92 Å². The van der Waals surface area contributed by atoms with Gasteiger partial charge in [-0.15, -0.1) is 25.6 Å². The zero-order chi connectivity index (χ0) is 18.1. The molecular formula is C16H22ClF3N2O3S. The minimum absolute atomic E-state index is 0. The number of nitrogens with one attached hydrogen (secondary N) is 1. The largest absolute Gasteiger partial charge is 0.573 e. The lowest BCUT2D eigenvalue weighted by Gasteiger charge is -2.32. The Labute approximate surface area is 157 Å². The molecule has 1 saturated carbocycles. The Kier molecular flexibility index (Phi) is 6.81. The summed E-state index contributed by atoms with van der Waals surface area (Å²) < 4.78 is 68.1. The molecule has 0 aromatic heterocycles. The van der Waals surface area contributed by atoms with E-state index in [1.165, 1.54) is 29.3 Å². The first-order chi connectivity index (χ1) is 11.8. The van der Waals surface area contributed by atoms with Crippen molar-refractivity contribution in [1.29, 1.82) is 0 Å². The van der Waals surface area contributed by atoms with E-state index < -0.39 is 27.0 Å². The van der Waals surface area contributed by atoms with E-state index in [4.69, 9.17) is 0 Å². The summed E-state index contributed by atoms with van der Waals surface area (Å²) in [6.07, 6.45) is -1.15. The number of rotatable bonds is 6. The summed E-state index contributed by atoms with van der Waals surface area (Å²) in [6, 6.07) is 5.13. The summed E-state index contributed by atoms with van der Waals surface area (Å²) in [4.78, 5) is -0.447. The van der Waals surface area contributed by atoms with Gasteiger partial charge in [-0.25, -0.2) is 8.42 Å². The third kappa shape index (κ3) is 5.48. The number of hydrogen-bond acceptors (Lipinski definition) is 4. The number of benzene rings is 1. The van der Waals surface area contributed by atoms with Gasteiger partial charge in [0.25, 0.3) is 0 Å². The van der Waals surface area contributed by atoms with Gasteiger partial charge >= 0.3 is 6.36 Å². The number of sulfonamides is 1. The number of nitrogens with zero attached hydrogens (tertiary/aromatic N) is 1. The average molecular weight is 415 g/mol. The van der Waals surface area contributed by atoms with Gasteiger partial charge in [-0.1, -0.05) is 12.1 Å². The Morgan fingerprint density at radius 2 is 1.73 bits per heavy atom. The van der Waals surface area contributed by atoms with E-state index in [2.05, 4.69) is 10.1 Å². The smallest absolute Gasteiger partial charge is 0.404 e. The van der Waals surface area contributed by atoms with Crippen molar-refractivity contribution in [3.05, 3.63) is 24.3 Å². The summed E-state index contributed by atoms with van der Waals surface area (Å²) in [5, 5.41) is 3.44. The Morgan fingerprint density at radius 1 is 1.12 bits per heavy atom. The molecule has 148 valence electrons. The molecule has 2 aliphatic rings. The van der Waals surface area contributed by atoms with Crippen LogP contribution in [0.25, 0.3) is 0 Å². The topological polar surface area (TPSA) is 58.6 Å². The van der Waals surface area contributed by atoms with Crippen LogP contribution in [0, 0.1) is 5.92 Å². The van der Waals surface area contributed by atoms with E-state index in [-0.39, 0.29) is 31.5 Å². The lowest BCUT2D eigenvalue weighted by molar-refractivity contribution is -0.275. The fourth-order valence-corrected chi connectivity index (χ4v) is 4.55. The molecule has 10 heteroatoms. The maximum atomic E-state index is 12.7. The zero-order valence-electron chi connectivity index (χ0n) is 14.0. The Balaban J connectivity index is 0.00000243. The molecule has 1 saturated heterocycles. The monoisotopic (exact) mass is 414 g/mol. The highest BCUT2D eigenvalue weighted by atomic mass is 35.5. The highest BCUT2D eigenvalue weighted by Crippen LogP contribution is 2.32. The fourth-order valence-electron chi connectivity index (χ4n) is 2.97. The summed E-state index contributed by atoms with van der Waals surface area (Å²) >= 11 is 0. The van der Waals surface area contributed by atoms with Gasteiger partial charge in [-0.05, 0) is 50.3 Å². The highest BCUT2D eigenvalue weighted by molar-refractivity contribution is 7.89. The van der Waals surface area contributed by atoms with Gasteiger partial charge in [0, 0.05) is 19.1 Å². The number of piperidine rings is 1. The standard InChI is InChI=1S/C16H21F3N2O3S.ClH/c17-16(18,19)24-14-3-1-2-4-15(14)25(22,23)21-9-7-13(8-10-21)20-11-12-5-6-12;/h1-4,12-13,20H,5-11H2;1H. The van der Waals surface area contributed by atoms with E-state index in [9.17, 15) is 21.6 Å². The van der Waals surface area contributed by atoms with Crippen LogP contribution in [0.2, 0.25) is 0 Å². The molecule has 26 heavy (non-hydrogen) atoms. The third-order valence-electron chi connectivity index (χ3n) is 4.54. The first-order valence-electron chi connectivity index (χ1n) is 8.34. The maximum absolute atomic E-state index is 12.7. The summed E-state index contributed by atoms with van der Waals surface area (Å²) in [6.45, 7) is 1.52. The maximum Gasteiger partial charge on any atom is 0.573 e. The summed E-state index contributed by atoms with van der Waals surface area (Å²) in [5.74, 6) is 0.0529. The van der Waals surface area contributed by atoms with Crippen LogP contribution in [-0.2, 0) is 10.0 Å². The van der Waals surface area contributed by atoms with Crippen molar-refractivity contribution < 1.29 is 26.3 Å². The van der Waals surface area contributed by atoms with E-state index in [1.54, 1.807) is 0 Å². The molecule has 1 aliphatic heterocycles. The van der Waals surface area contributed by atoms with Gasteiger partial charge in [-0.2, -0.15) is 4.31 Å². The number of ether oxygens (including phenoxy) is 1. The van der Waals surface area contributed by atoms with Crippen LogP contribution in [0.3, 0.4) is 0 Å².